The van der Waals surface area contributed by atoms with Crippen molar-refractivity contribution in [3.63, 3.8) is 0 Å². The van der Waals surface area contributed by atoms with E-state index in [0.29, 0.717) is 17.0 Å². The SMILES string of the molecule is COc1cccnc1C(N)c1cc(C)c(F)cc1F. The number of ether oxygens (including phenoxy) is 1. The average molecular weight is 264 g/mol. The van der Waals surface area contributed by atoms with Gasteiger partial charge in [-0.3, -0.25) is 4.98 Å². The molecular weight excluding hydrogens is 250 g/mol. The maximum Gasteiger partial charge on any atom is 0.142 e. The normalized spacial score (nSPS) is 12.3. The summed E-state index contributed by atoms with van der Waals surface area (Å²) in [6.07, 6.45) is 1.55. The molecule has 0 spiro atoms. The summed E-state index contributed by atoms with van der Waals surface area (Å²) < 4.78 is 32.2. The number of benzene rings is 1. The summed E-state index contributed by atoms with van der Waals surface area (Å²) in [5.41, 5.74) is 6.95. The zero-order chi connectivity index (χ0) is 14.0. The van der Waals surface area contributed by atoms with Gasteiger partial charge in [-0.05, 0) is 30.7 Å². The Hall–Kier alpha value is -2.01. The lowest BCUT2D eigenvalue weighted by atomic mass is 10.0. The molecule has 3 nitrogen and oxygen atoms in total. The molecule has 2 N–H and O–H groups in total. The van der Waals surface area contributed by atoms with Gasteiger partial charge in [-0.2, -0.15) is 0 Å². The minimum atomic E-state index is -0.810. The van der Waals surface area contributed by atoms with E-state index < -0.39 is 17.7 Å². The van der Waals surface area contributed by atoms with Gasteiger partial charge in [0.2, 0.25) is 0 Å². The number of nitrogens with two attached hydrogens (primary N) is 1. The molecule has 0 bridgehead atoms. The van der Waals surface area contributed by atoms with Crippen molar-refractivity contribution in [1.82, 2.24) is 4.98 Å². The van der Waals surface area contributed by atoms with E-state index in [4.69, 9.17) is 10.5 Å². The lowest BCUT2D eigenvalue weighted by Crippen LogP contribution is -2.16. The van der Waals surface area contributed by atoms with Gasteiger partial charge in [0.1, 0.15) is 23.1 Å². The molecule has 2 aromatic rings. The lowest BCUT2D eigenvalue weighted by molar-refractivity contribution is 0.404. The van der Waals surface area contributed by atoms with Crippen LogP contribution in [0.3, 0.4) is 0 Å². The Balaban J connectivity index is 2.50. The molecule has 100 valence electrons. The van der Waals surface area contributed by atoms with Crippen LogP contribution in [0, 0.1) is 18.6 Å². The van der Waals surface area contributed by atoms with E-state index in [0.717, 1.165) is 6.07 Å². The van der Waals surface area contributed by atoms with Gasteiger partial charge in [-0.1, -0.05) is 0 Å². The molecule has 0 amide bonds. The van der Waals surface area contributed by atoms with Crippen molar-refractivity contribution in [2.45, 2.75) is 13.0 Å². The second-order valence-corrected chi connectivity index (χ2v) is 4.19. The van der Waals surface area contributed by atoms with Gasteiger partial charge in [-0.15, -0.1) is 0 Å². The molecule has 0 aliphatic heterocycles. The molecule has 0 fully saturated rings. The highest BCUT2D eigenvalue weighted by Crippen LogP contribution is 2.28. The minimum absolute atomic E-state index is 0.191. The summed E-state index contributed by atoms with van der Waals surface area (Å²) in [6.45, 7) is 1.56. The maximum absolute atomic E-state index is 13.8. The number of methoxy groups -OCH3 is 1. The highest BCUT2D eigenvalue weighted by Gasteiger charge is 2.20. The zero-order valence-electron chi connectivity index (χ0n) is 10.7. The van der Waals surface area contributed by atoms with Crippen molar-refractivity contribution in [3.8, 4) is 5.75 Å². The van der Waals surface area contributed by atoms with Gasteiger partial charge in [0.25, 0.3) is 0 Å². The minimum Gasteiger partial charge on any atom is -0.495 e. The van der Waals surface area contributed by atoms with Gasteiger partial charge in [-0.25, -0.2) is 8.78 Å². The zero-order valence-corrected chi connectivity index (χ0v) is 10.7. The van der Waals surface area contributed by atoms with E-state index in [9.17, 15) is 8.78 Å². The predicted octanol–water partition coefficient (Wildman–Crippen LogP) is 2.72. The number of hydrogen-bond acceptors (Lipinski definition) is 3. The first-order valence-electron chi connectivity index (χ1n) is 5.74. The van der Waals surface area contributed by atoms with Crippen molar-refractivity contribution in [3.05, 3.63) is 58.9 Å². The second-order valence-electron chi connectivity index (χ2n) is 4.19. The standard InChI is InChI=1S/C14H14F2N2O/c1-8-6-9(11(16)7-10(8)15)13(17)14-12(19-2)4-3-5-18-14/h3-7,13H,17H2,1-2H3. The van der Waals surface area contributed by atoms with Gasteiger partial charge < -0.3 is 10.5 Å². The van der Waals surface area contributed by atoms with Crippen LogP contribution in [0.5, 0.6) is 5.75 Å². The van der Waals surface area contributed by atoms with Gasteiger partial charge >= 0.3 is 0 Å². The van der Waals surface area contributed by atoms with Crippen LogP contribution < -0.4 is 10.5 Å². The van der Waals surface area contributed by atoms with E-state index in [-0.39, 0.29) is 5.56 Å². The molecule has 19 heavy (non-hydrogen) atoms. The fourth-order valence-corrected chi connectivity index (χ4v) is 1.87. The van der Waals surface area contributed by atoms with E-state index in [2.05, 4.69) is 4.98 Å². The van der Waals surface area contributed by atoms with Crippen LogP contribution in [0.25, 0.3) is 0 Å². The maximum atomic E-state index is 13.8. The summed E-state index contributed by atoms with van der Waals surface area (Å²) >= 11 is 0. The third-order valence-corrected chi connectivity index (χ3v) is 2.93. The van der Waals surface area contributed by atoms with Gasteiger partial charge in [0.15, 0.2) is 0 Å². The highest BCUT2D eigenvalue weighted by atomic mass is 19.1. The second kappa shape index (κ2) is 5.32. The number of aromatic nitrogens is 1. The molecule has 1 atom stereocenters. The summed E-state index contributed by atoms with van der Waals surface area (Å²) in [5.74, 6) is -0.818. The van der Waals surface area contributed by atoms with Gasteiger partial charge in [0.05, 0.1) is 13.2 Å². The Bertz CT molecular complexity index is 602. The van der Waals surface area contributed by atoms with E-state index in [1.54, 1.807) is 25.3 Å². The molecule has 0 saturated carbocycles. The highest BCUT2D eigenvalue weighted by molar-refractivity contribution is 5.38. The Kier molecular flexibility index (Phi) is 3.76. The third kappa shape index (κ3) is 2.56. The Morgan fingerprint density at radius 3 is 2.68 bits per heavy atom. The smallest absolute Gasteiger partial charge is 0.142 e. The fraction of sp³-hybridized carbons (Fsp3) is 0.214. The molecule has 5 heteroatoms. The molecule has 0 aliphatic rings. The van der Waals surface area contributed by atoms with Crippen LogP contribution in [-0.2, 0) is 0 Å². The van der Waals surface area contributed by atoms with Crippen LogP contribution in [0.15, 0.2) is 30.5 Å². The van der Waals surface area contributed by atoms with E-state index >= 15 is 0 Å². The van der Waals surface area contributed by atoms with Crippen LogP contribution >= 0.6 is 0 Å². The van der Waals surface area contributed by atoms with Crippen molar-refractivity contribution >= 4 is 0 Å². The molecule has 0 radical (unpaired) electrons. The molecular formula is C14H14F2N2O. The number of aryl methyl sites for hydroxylation is 1. The van der Waals surface area contributed by atoms with Crippen LogP contribution in [0.1, 0.15) is 22.9 Å². The topological polar surface area (TPSA) is 48.1 Å². The molecule has 0 saturated heterocycles. The van der Waals surface area contributed by atoms with Crippen molar-refractivity contribution in [1.29, 1.82) is 0 Å². The predicted molar refractivity (Wildman–Crippen MR) is 67.9 cm³/mol. The lowest BCUT2D eigenvalue weighted by Gasteiger charge is -2.16. The Labute approximate surface area is 110 Å². The Morgan fingerprint density at radius 1 is 1.26 bits per heavy atom. The summed E-state index contributed by atoms with van der Waals surface area (Å²) in [6, 6.07) is 4.80. The first kappa shape index (κ1) is 13.4. The van der Waals surface area contributed by atoms with E-state index in [1.807, 2.05) is 0 Å². The summed E-state index contributed by atoms with van der Waals surface area (Å²) in [5, 5.41) is 0. The van der Waals surface area contributed by atoms with Crippen LogP contribution in [0.4, 0.5) is 8.78 Å². The average Bonchev–Trinajstić information content (AvgIpc) is 2.42. The summed E-state index contributed by atoms with van der Waals surface area (Å²) in [4.78, 5) is 4.11. The molecule has 0 aliphatic carbocycles. The van der Waals surface area contributed by atoms with Crippen molar-refractivity contribution < 1.29 is 13.5 Å². The van der Waals surface area contributed by atoms with Crippen LogP contribution in [0.2, 0.25) is 0 Å². The first-order chi connectivity index (χ1) is 9.04. The van der Waals surface area contributed by atoms with Gasteiger partial charge in [0, 0.05) is 17.8 Å². The monoisotopic (exact) mass is 264 g/mol. The fourth-order valence-electron chi connectivity index (χ4n) is 1.87. The van der Waals surface area contributed by atoms with Crippen molar-refractivity contribution in [2.24, 2.45) is 5.73 Å². The molecule has 1 aromatic heterocycles. The number of rotatable bonds is 3. The quantitative estimate of drug-likeness (QED) is 0.927. The van der Waals surface area contributed by atoms with Crippen molar-refractivity contribution in [2.75, 3.05) is 7.11 Å². The third-order valence-electron chi connectivity index (χ3n) is 2.93. The largest absolute Gasteiger partial charge is 0.495 e. The summed E-state index contributed by atoms with van der Waals surface area (Å²) in [7, 11) is 1.49. The Morgan fingerprint density at radius 2 is 2.00 bits per heavy atom. The molecule has 1 aromatic carbocycles. The van der Waals surface area contributed by atoms with E-state index in [1.165, 1.54) is 13.2 Å². The first-order valence-corrected chi connectivity index (χ1v) is 5.74. The molecule has 2 rings (SSSR count). The molecule has 1 heterocycles. The molecule has 1 unspecified atom stereocenters. The number of halogens is 2. The van der Waals surface area contributed by atoms with Crippen LogP contribution in [-0.4, -0.2) is 12.1 Å². The number of nitrogens with zero attached hydrogens (tertiary/aromatic N) is 1. The number of pyridine rings is 1. The number of hydrogen-bond donors (Lipinski definition) is 1.